The van der Waals surface area contributed by atoms with E-state index in [0.717, 1.165) is 19.1 Å². The topological polar surface area (TPSA) is 24.5 Å². The molecule has 0 spiro atoms. The Bertz CT molecular complexity index is 280. The van der Waals surface area contributed by atoms with Crippen LogP contribution in [0.5, 0.6) is 0 Å². The second-order valence-corrected chi connectivity index (χ2v) is 7.00. The van der Waals surface area contributed by atoms with E-state index in [0.29, 0.717) is 23.6 Å². The Morgan fingerprint density at radius 1 is 1.33 bits per heavy atom. The lowest BCUT2D eigenvalue weighted by Crippen LogP contribution is -2.51. The maximum atomic E-state index is 5.72. The minimum atomic E-state index is 0.392. The zero-order valence-corrected chi connectivity index (χ0v) is 12.7. The maximum Gasteiger partial charge on any atom is 0.0674 e. The van der Waals surface area contributed by atoms with Crippen molar-refractivity contribution < 1.29 is 4.74 Å². The van der Waals surface area contributed by atoms with E-state index in [1.165, 1.54) is 19.4 Å². The third-order valence-electron chi connectivity index (χ3n) is 4.99. The van der Waals surface area contributed by atoms with E-state index >= 15 is 0 Å². The summed E-state index contributed by atoms with van der Waals surface area (Å²) in [5.41, 5.74) is 0.445. The van der Waals surface area contributed by atoms with Gasteiger partial charge in [0.05, 0.1) is 12.7 Å². The van der Waals surface area contributed by atoms with Crippen LogP contribution in [0.15, 0.2) is 0 Å². The number of rotatable bonds is 3. The summed E-state index contributed by atoms with van der Waals surface area (Å²) < 4.78 is 5.72. The van der Waals surface area contributed by atoms with Crippen LogP contribution in [0.4, 0.5) is 0 Å². The molecule has 2 fully saturated rings. The summed E-state index contributed by atoms with van der Waals surface area (Å²) in [5.74, 6) is 0.790. The fourth-order valence-electron chi connectivity index (χ4n) is 3.87. The van der Waals surface area contributed by atoms with Crippen molar-refractivity contribution in [3.05, 3.63) is 0 Å². The van der Waals surface area contributed by atoms with Crippen molar-refractivity contribution in [2.75, 3.05) is 26.7 Å². The average Bonchev–Trinajstić information content (AvgIpc) is 2.58. The Kier molecular flexibility index (Phi) is 4.35. The van der Waals surface area contributed by atoms with Gasteiger partial charge in [0.1, 0.15) is 0 Å². The Labute approximate surface area is 112 Å². The van der Waals surface area contributed by atoms with Gasteiger partial charge in [-0.3, -0.25) is 4.90 Å². The molecule has 106 valence electrons. The summed E-state index contributed by atoms with van der Waals surface area (Å²) in [5, 5.41) is 3.56. The lowest BCUT2D eigenvalue weighted by Gasteiger charge is -2.40. The first kappa shape index (κ1) is 14.3. The molecular weight excluding hydrogens is 224 g/mol. The van der Waals surface area contributed by atoms with Crippen LogP contribution >= 0.6 is 0 Å². The summed E-state index contributed by atoms with van der Waals surface area (Å²) in [6.07, 6.45) is 3.10. The molecular formula is C15H30N2O. The first-order valence-electron chi connectivity index (χ1n) is 7.47. The summed E-state index contributed by atoms with van der Waals surface area (Å²) in [7, 11) is 2.12. The molecule has 3 nitrogen and oxygen atoms in total. The summed E-state index contributed by atoms with van der Waals surface area (Å²) >= 11 is 0. The van der Waals surface area contributed by atoms with Gasteiger partial charge in [-0.1, -0.05) is 13.8 Å². The predicted molar refractivity (Wildman–Crippen MR) is 75.8 cm³/mol. The molecule has 1 saturated carbocycles. The third kappa shape index (κ3) is 2.89. The van der Waals surface area contributed by atoms with E-state index in [2.05, 4.69) is 45.0 Å². The largest absolute Gasteiger partial charge is 0.376 e. The van der Waals surface area contributed by atoms with Crippen LogP contribution < -0.4 is 5.32 Å². The molecule has 4 atom stereocenters. The quantitative estimate of drug-likeness (QED) is 0.835. The van der Waals surface area contributed by atoms with Crippen molar-refractivity contribution in [1.82, 2.24) is 10.2 Å². The number of nitrogens with zero attached hydrogens (tertiary/aromatic N) is 1. The molecule has 0 radical (unpaired) electrons. The van der Waals surface area contributed by atoms with E-state index < -0.39 is 0 Å². The molecule has 2 rings (SSSR count). The van der Waals surface area contributed by atoms with Gasteiger partial charge in [-0.2, -0.15) is 0 Å². The molecule has 1 aliphatic carbocycles. The van der Waals surface area contributed by atoms with Crippen LogP contribution in [0.2, 0.25) is 0 Å². The second kappa shape index (κ2) is 5.48. The van der Waals surface area contributed by atoms with Gasteiger partial charge in [0.15, 0.2) is 0 Å². The van der Waals surface area contributed by atoms with Gasteiger partial charge in [-0.25, -0.2) is 0 Å². The molecule has 4 unspecified atom stereocenters. The van der Waals surface area contributed by atoms with Crippen molar-refractivity contribution in [2.24, 2.45) is 11.3 Å². The van der Waals surface area contributed by atoms with Gasteiger partial charge in [0.2, 0.25) is 0 Å². The summed E-state index contributed by atoms with van der Waals surface area (Å²) in [6.45, 7) is 12.5. The van der Waals surface area contributed by atoms with Gasteiger partial charge in [-0.05, 0) is 45.1 Å². The van der Waals surface area contributed by atoms with Crippen molar-refractivity contribution in [1.29, 1.82) is 0 Å². The molecule has 3 heteroatoms. The highest BCUT2D eigenvalue weighted by Crippen LogP contribution is 2.41. The minimum absolute atomic E-state index is 0.392. The molecule has 0 aromatic rings. The Morgan fingerprint density at radius 2 is 2.06 bits per heavy atom. The van der Waals surface area contributed by atoms with Gasteiger partial charge in [-0.15, -0.1) is 0 Å². The Hall–Kier alpha value is -0.120. The SMILES string of the molecule is CNC1C(CN2CC(C)OCC2C)CCC1(C)C. The second-order valence-electron chi connectivity index (χ2n) is 7.00. The normalized spacial score (nSPS) is 41.2. The molecule has 2 aliphatic rings. The first-order chi connectivity index (χ1) is 8.44. The minimum Gasteiger partial charge on any atom is -0.376 e. The molecule has 18 heavy (non-hydrogen) atoms. The van der Waals surface area contributed by atoms with Crippen molar-refractivity contribution in [3.63, 3.8) is 0 Å². The number of ether oxygens (including phenoxy) is 1. The van der Waals surface area contributed by atoms with E-state index in [1.54, 1.807) is 0 Å². The van der Waals surface area contributed by atoms with Gasteiger partial charge >= 0.3 is 0 Å². The standard InChI is InChI=1S/C15H30N2O/c1-11-10-18-12(2)8-17(11)9-13-6-7-15(3,4)14(13)16-5/h11-14,16H,6-10H2,1-5H3. The molecule has 1 aliphatic heterocycles. The monoisotopic (exact) mass is 254 g/mol. The van der Waals surface area contributed by atoms with Crippen molar-refractivity contribution in [2.45, 2.75) is 58.7 Å². The van der Waals surface area contributed by atoms with Crippen LogP contribution in [0.1, 0.15) is 40.5 Å². The van der Waals surface area contributed by atoms with E-state index in [4.69, 9.17) is 4.74 Å². The van der Waals surface area contributed by atoms with E-state index in [1.807, 2.05) is 0 Å². The smallest absolute Gasteiger partial charge is 0.0674 e. The highest BCUT2D eigenvalue weighted by molar-refractivity contribution is 4.97. The highest BCUT2D eigenvalue weighted by Gasteiger charge is 2.42. The summed E-state index contributed by atoms with van der Waals surface area (Å²) in [4.78, 5) is 2.63. The fraction of sp³-hybridized carbons (Fsp3) is 1.00. The molecule has 0 bridgehead atoms. The van der Waals surface area contributed by atoms with Crippen LogP contribution in [-0.4, -0.2) is 49.8 Å². The van der Waals surface area contributed by atoms with Crippen molar-refractivity contribution >= 4 is 0 Å². The van der Waals surface area contributed by atoms with Crippen molar-refractivity contribution in [3.8, 4) is 0 Å². The van der Waals surface area contributed by atoms with Gasteiger partial charge < -0.3 is 10.1 Å². The van der Waals surface area contributed by atoms with Crippen LogP contribution in [0, 0.1) is 11.3 Å². The molecule has 1 N–H and O–H groups in total. The van der Waals surface area contributed by atoms with Gasteiger partial charge in [0, 0.05) is 25.2 Å². The van der Waals surface area contributed by atoms with E-state index in [9.17, 15) is 0 Å². The third-order valence-corrected chi connectivity index (χ3v) is 4.99. The zero-order chi connectivity index (χ0) is 13.3. The molecule has 1 saturated heterocycles. The number of hydrogen-bond acceptors (Lipinski definition) is 3. The van der Waals surface area contributed by atoms with Gasteiger partial charge in [0.25, 0.3) is 0 Å². The zero-order valence-electron chi connectivity index (χ0n) is 12.7. The molecule has 0 aromatic carbocycles. The molecule has 0 amide bonds. The summed E-state index contributed by atoms with van der Waals surface area (Å²) in [6, 6.07) is 1.23. The fourth-order valence-corrected chi connectivity index (χ4v) is 3.87. The Balaban J connectivity index is 1.96. The molecule has 1 heterocycles. The average molecular weight is 254 g/mol. The first-order valence-corrected chi connectivity index (χ1v) is 7.47. The maximum absolute atomic E-state index is 5.72. The van der Waals surface area contributed by atoms with Crippen LogP contribution in [-0.2, 0) is 4.74 Å². The molecule has 0 aromatic heterocycles. The number of hydrogen-bond donors (Lipinski definition) is 1. The number of morpholine rings is 1. The lowest BCUT2D eigenvalue weighted by atomic mass is 9.84. The van der Waals surface area contributed by atoms with E-state index in [-0.39, 0.29) is 0 Å². The highest BCUT2D eigenvalue weighted by atomic mass is 16.5. The lowest BCUT2D eigenvalue weighted by molar-refractivity contribution is -0.0554. The predicted octanol–water partition coefficient (Wildman–Crippen LogP) is 2.12. The number of nitrogens with one attached hydrogen (secondary N) is 1. The Morgan fingerprint density at radius 3 is 2.72 bits per heavy atom. The van der Waals surface area contributed by atoms with Crippen LogP contribution in [0.3, 0.4) is 0 Å². The van der Waals surface area contributed by atoms with Crippen LogP contribution in [0.25, 0.3) is 0 Å².